The van der Waals surface area contributed by atoms with Crippen molar-refractivity contribution < 1.29 is 4.74 Å². The number of aromatic nitrogens is 1. The minimum absolute atomic E-state index is 0.614. The van der Waals surface area contributed by atoms with Crippen LogP contribution in [0.5, 0.6) is 0 Å². The molecule has 21 heavy (non-hydrogen) atoms. The van der Waals surface area contributed by atoms with Crippen LogP contribution in [0, 0.1) is 0 Å². The Morgan fingerprint density at radius 2 is 1.86 bits per heavy atom. The van der Waals surface area contributed by atoms with Crippen molar-refractivity contribution in [1.82, 2.24) is 4.98 Å². The smallest absolute Gasteiger partial charge is 0.0733 e. The zero-order valence-electron chi connectivity index (χ0n) is 12.0. The fourth-order valence-electron chi connectivity index (χ4n) is 2.51. The highest BCUT2D eigenvalue weighted by Gasteiger charge is 2.03. The van der Waals surface area contributed by atoms with Gasteiger partial charge in [0.25, 0.3) is 0 Å². The van der Waals surface area contributed by atoms with Gasteiger partial charge in [0.15, 0.2) is 0 Å². The molecule has 3 aromatic rings. The van der Waals surface area contributed by atoms with Crippen molar-refractivity contribution in [3.63, 3.8) is 0 Å². The lowest BCUT2D eigenvalue weighted by Gasteiger charge is -2.13. The van der Waals surface area contributed by atoms with E-state index in [2.05, 4.69) is 46.7 Å². The Kier molecular flexibility index (Phi) is 4.12. The van der Waals surface area contributed by atoms with Crippen LogP contribution in [0.25, 0.3) is 10.8 Å². The summed E-state index contributed by atoms with van der Waals surface area (Å²) in [5.41, 5.74) is 3.55. The van der Waals surface area contributed by atoms with Crippen molar-refractivity contribution in [2.24, 2.45) is 0 Å². The summed E-state index contributed by atoms with van der Waals surface area (Å²) < 4.78 is 5.24. The molecule has 0 aliphatic heterocycles. The van der Waals surface area contributed by atoms with Crippen molar-refractivity contribution in [3.05, 3.63) is 72.1 Å². The van der Waals surface area contributed by atoms with E-state index in [1.807, 2.05) is 24.5 Å². The third-order valence-electron chi connectivity index (χ3n) is 3.56. The molecule has 1 N–H and O–H groups in total. The molecule has 3 heteroatoms. The van der Waals surface area contributed by atoms with Crippen molar-refractivity contribution in [3.8, 4) is 0 Å². The first-order chi connectivity index (χ1) is 10.4. The molecule has 3 nitrogen and oxygen atoms in total. The van der Waals surface area contributed by atoms with Crippen LogP contribution in [0.4, 0.5) is 5.69 Å². The molecule has 1 heterocycles. The van der Waals surface area contributed by atoms with Gasteiger partial charge >= 0.3 is 0 Å². The van der Waals surface area contributed by atoms with Gasteiger partial charge in [0.1, 0.15) is 0 Å². The average molecular weight is 278 g/mol. The summed E-state index contributed by atoms with van der Waals surface area (Å²) in [5.74, 6) is 0. The third kappa shape index (κ3) is 3.03. The molecule has 0 aliphatic rings. The van der Waals surface area contributed by atoms with E-state index < -0.39 is 0 Å². The molecule has 0 atom stereocenters. The third-order valence-corrected chi connectivity index (χ3v) is 3.56. The fraction of sp³-hybridized carbons (Fsp3) is 0.167. The maximum absolute atomic E-state index is 5.24. The number of hydrogen-bond donors (Lipinski definition) is 1. The molecule has 3 rings (SSSR count). The van der Waals surface area contributed by atoms with Gasteiger partial charge in [-0.15, -0.1) is 0 Å². The summed E-state index contributed by atoms with van der Waals surface area (Å²) in [6.07, 6.45) is 3.74. The summed E-state index contributed by atoms with van der Waals surface area (Å²) >= 11 is 0. The van der Waals surface area contributed by atoms with Crippen LogP contribution in [0.1, 0.15) is 11.1 Å². The standard InChI is InChI=1S/C18H18N2O/c1-21-13-16-5-2-3-8-18(16)20-12-15-7-4-6-14-11-19-10-9-17(14)15/h2-11,20H,12-13H2,1H3. The maximum Gasteiger partial charge on any atom is 0.0733 e. The van der Waals surface area contributed by atoms with E-state index in [1.165, 1.54) is 21.9 Å². The van der Waals surface area contributed by atoms with E-state index in [1.54, 1.807) is 7.11 Å². The van der Waals surface area contributed by atoms with Gasteiger partial charge < -0.3 is 10.1 Å². The molecule has 0 saturated carbocycles. The summed E-state index contributed by atoms with van der Waals surface area (Å²) in [7, 11) is 1.72. The highest BCUT2D eigenvalue weighted by Crippen LogP contribution is 2.21. The van der Waals surface area contributed by atoms with Crippen molar-refractivity contribution in [2.45, 2.75) is 13.2 Å². The molecule has 0 amide bonds. The molecule has 0 spiro atoms. The van der Waals surface area contributed by atoms with Crippen LogP contribution >= 0.6 is 0 Å². The topological polar surface area (TPSA) is 34.1 Å². The Bertz CT molecular complexity index is 735. The number of hydrogen-bond acceptors (Lipinski definition) is 3. The van der Waals surface area contributed by atoms with Crippen molar-refractivity contribution in [2.75, 3.05) is 12.4 Å². The van der Waals surface area contributed by atoms with Crippen LogP contribution in [-0.2, 0) is 17.9 Å². The van der Waals surface area contributed by atoms with E-state index in [9.17, 15) is 0 Å². The van der Waals surface area contributed by atoms with E-state index in [4.69, 9.17) is 4.74 Å². The Morgan fingerprint density at radius 3 is 2.76 bits per heavy atom. The van der Waals surface area contributed by atoms with Crippen LogP contribution in [0.3, 0.4) is 0 Å². The number of nitrogens with zero attached hydrogens (tertiary/aromatic N) is 1. The average Bonchev–Trinajstić information content (AvgIpc) is 2.54. The molecule has 2 aromatic carbocycles. The number of anilines is 1. The van der Waals surface area contributed by atoms with Gasteiger partial charge in [-0.2, -0.15) is 0 Å². The minimum atomic E-state index is 0.614. The second-order valence-electron chi connectivity index (χ2n) is 4.96. The lowest BCUT2D eigenvalue weighted by Crippen LogP contribution is -2.03. The normalized spacial score (nSPS) is 10.7. The highest BCUT2D eigenvalue weighted by atomic mass is 16.5. The SMILES string of the molecule is COCc1ccccc1NCc1cccc2cnccc12. The largest absolute Gasteiger partial charge is 0.381 e. The Hall–Kier alpha value is -2.39. The zero-order chi connectivity index (χ0) is 14.5. The van der Waals surface area contributed by atoms with Crippen LogP contribution in [-0.4, -0.2) is 12.1 Å². The molecule has 1 aromatic heterocycles. The van der Waals surface area contributed by atoms with Gasteiger partial charge in [0, 0.05) is 42.7 Å². The van der Waals surface area contributed by atoms with Gasteiger partial charge in [-0.3, -0.25) is 4.98 Å². The Labute approximate surface area is 124 Å². The molecule has 0 radical (unpaired) electrons. The van der Waals surface area contributed by atoms with Gasteiger partial charge in [0.05, 0.1) is 6.61 Å². The molecule has 0 fully saturated rings. The second kappa shape index (κ2) is 6.37. The van der Waals surface area contributed by atoms with Gasteiger partial charge in [-0.25, -0.2) is 0 Å². The number of methoxy groups -OCH3 is 1. The highest BCUT2D eigenvalue weighted by molar-refractivity contribution is 5.85. The molecule has 0 unspecified atom stereocenters. The number of rotatable bonds is 5. The quantitative estimate of drug-likeness (QED) is 0.766. The van der Waals surface area contributed by atoms with Crippen molar-refractivity contribution >= 4 is 16.5 Å². The van der Waals surface area contributed by atoms with Crippen LogP contribution < -0.4 is 5.32 Å². The number of para-hydroxylation sites is 1. The molecule has 0 aliphatic carbocycles. The minimum Gasteiger partial charge on any atom is -0.381 e. The molecule has 0 saturated heterocycles. The van der Waals surface area contributed by atoms with E-state index in [-0.39, 0.29) is 0 Å². The monoisotopic (exact) mass is 278 g/mol. The van der Waals surface area contributed by atoms with Gasteiger partial charge in [-0.1, -0.05) is 36.4 Å². The first-order valence-electron chi connectivity index (χ1n) is 7.01. The predicted molar refractivity (Wildman–Crippen MR) is 86.2 cm³/mol. The summed E-state index contributed by atoms with van der Waals surface area (Å²) in [5, 5.41) is 5.91. The Balaban J connectivity index is 1.84. The van der Waals surface area contributed by atoms with Crippen LogP contribution in [0.2, 0.25) is 0 Å². The van der Waals surface area contributed by atoms with Gasteiger partial charge in [0.2, 0.25) is 0 Å². The zero-order valence-corrected chi connectivity index (χ0v) is 12.0. The summed E-state index contributed by atoms with van der Waals surface area (Å²) in [4.78, 5) is 4.17. The number of pyridine rings is 1. The lowest BCUT2D eigenvalue weighted by atomic mass is 10.1. The van der Waals surface area contributed by atoms with Crippen molar-refractivity contribution in [1.29, 1.82) is 0 Å². The van der Waals surface area contributed by atoms with E-state index in [0.717, 1.165) is 12.2 Å². The van der Waals surface area contributed by atoms with Gasteiger partial charge in [-0.05, 0) is 23.1 Å². The predicted octanol–water partition coefficient (Wildman–Crippen LogP) is 3.99. The molecule has 0 bridgehead atoms. The fourth-order valence-corrected chi connectivity index (χ4v) is 2.51. The Morgan fingerprint density at radius 1 is 1.00 bits per heavy atom. The molecular weight excluding hydrogens is 260 g/mol. The van der Waals surface area contributed by atoms with Crippen LogP contribution in [0.15, 0.2) is 60.9 Å². The summed E-state index contributed by atoms with van der Waals surface area (Å²) in [6.45, 7) is 1.39. The number of benzene rings is 2. The first-order valence-corrected chi connectivity index (χ1v) is 7.01. The number of ether oxygens (including phenoxy) is 1. The molecule has 106 valence electrons. The number of nitrogens with one attached hydrogen (secondary N) is 1. The van der Waals surface area contributed by atoms with E-state index >= 15 is 0 Å². The molecular formula is C18H18N2O. The van der Waals surface area contributed by atoms with E-state index in [0.29, 0.717) is 6.61 Å². The maximum atomic E-state index is 5.24. The second-order valence-corrected chi connectivity index (χ2v) is 4.96. The number of fused-ring (bicyclic) bond motifs is 1. The lowest BCUT2D eigenvalue weighted by molar-refractivity contribution is 0.185. The summed E-state index contributed by atoms with van der Waals surface area (Å²) in [6, 6.07) is 16.6. The first kappa shape index (κ1) is 13.6.